The molecule has 2 N–H and O–H groups in total. The van der Waals surface area contributed by atoms with Gasteiger partial charge in [0.15, 0.2) is 0 Å². The molecular weight excluding hydrogens is 220 g/mol. The van der Waals surface area contributed by atoms with E-state index in [0.29, 0.717) is 6.61 Å². The van der Waals surface area contributed by atoms with Crippen LogP contribution in [-0.2, 0) is 11.3 Å². The molecule has 0 saturated heterocycles. The molecular formula is C12H14N2OS. The van der Waals surface area contributed by atoms with Gasteiger partial charge in [-0.05, 0) is 11.1 Å². The van der Waals surface area contributed by atoms with Gasteiger partial charge in [-0.2, -0.15) is 0 Å². The van der Waals surface area contributed by atoms with Crippen molar-refractivity contribution in [2.24, 2.45) is 5.73 Å². The van der Waals surface area contributed by atoms with Crippen molar-refractivity contribution in [2.75, 3.05) is 7.11 Å². The number of nitrogens with zero attached hydrogens (tertiary/aromatic N) is 1. The van der Waals surface area contributed by atoms with E-state index in [9.17, 15) is 0 Å². The minimum atomic E-state index is -0.128. The molecule has 0 fully saturated rings. The highest BCUT2D eigenvalue weighted by molar-refractivity contribution is 7.09. The summed E-state index contributed by atoms with van der Waals surface area (Å²) < 4.78 is 5.06. The summed E-state index contributed by atoms with van der Waals surface area (Å²) in [4.78, 5) is 4.22. The number of methoxy groups -OCH3 is 1. The Morgan fingerprint density at radius 2 is 2.12 bits per heavy atom. The molecule has 1 heterocycles. The van der Waals surface area contributed by atoms with Crippen molar-refractivity contribution in [3.8, 4) is 0 Å². The Kier molecular flexibility index (Phi) is 3.66. The van der Waals surface area contributed by atoms with Crippen molar-refractivity contribution in [1.29, 1.82) is 0 Å². The number of aromatic nitrogens is 1. The first-order chi connectivity index (χ1) is 7.81. The summed E-state index contributed by atoms with van der Waals surface area (Å²) in [5, 5.41) is 2.88. The van der Waals surface area contributed by atoms with E-state index < -0.39 is 0 Å². The molecule has 4 heteroatoms. The monoisotopic (exact) mass is 234 g/mol. The van der Waals surface area contributed by atoms with E-state index in [4.69, 9.17) is 10.5 Å². The topological polar surface area (TPSA) is 48.1 Å². The van der Waals surface area contributed by atoms with E-state index in [1.54, 1.807) is 24.6 Å². The number of ether oxygens (including phenoxy) is 1. The zero-order valence-electron chi connectivity index (χ0n) is 9.09. The lowest BCUT2D eigenvalue weighted by Gasteiger charge is -2.09. The second-order valence-electron chi connectivity index (χ2n) is 3.52. The minimum absolute atomic E-state index is 0.128. The lowest BCUT2D eigenvalue weighted by molar-refractivity contribution is 0.185. The van der Waals surface area contributed by atoms with Gasteiger partial charge >= 0.3 is 0 Å². The molecule has 0 aliphatic rings. The summed E-state index contributed by atoms with van der Waals surface area (Å²) in [5.41, 5.74) is 8.33. The van der Waals surface area contributed by atoms with Gasteiger partial charge in [-0.25, -0.2) is 4.98 Å². The highest BCUT2D eigenvalue weighted by Crippen LogP contribution is 2.21. The molecule has 0 radical (unpaired) electrons. The number of rotatable bonds is 4. The van der Waals surface area contributed by atoms with Crippen molar-refractivity contribution < 1.29 is 4.74 Å². The van der Waals surface area contributed by atoms with Crippen LogP contribution in [0.2, 0.25) is 0 Å². The third-order valence-corrected chi connectivity index (χ3v) is 3.23. The standard InChI is InChI=1S/C12H14N2OS/c1-15-8-9-2-4-10(5-3-9)11(13)12-14-6-7-16-12/h2-7,11H,8,13H2,1H3. The molecule has 84 valence electrons. The van der Waals surface area contributed by atoms with E-state index in [1.807, 2.05) is 29.6 Å². The summed E-state index contributed by atoms with van der Waals surface area (Å²) in [7, 11) is 1.69. The smallest absolute Gasteiger partial charge is 0.114 e. The normalized spacial score (nSPS) is 12.6. The number of benzene rings is 1. The van der Waals surface area contributed by atoms with Gasteiger partial charge in [-0.3, -0.25) is 0 Å². The lowest BCUT2D eigenvalue weighted by atomic mass is 10.1. The van der Waals surface area contributed by atoms with Crippen molar-refractivity contribution in [3.05, 3.63) is 52.0 Å². The van der Waals surface area contributed by atoms with Gasteiger partial charge < -0.3 is 10.5 Å². The number of nitrogens with two attached hydrogens (primary N) is 1. The number of thiazole rings is 1. The van der Waals surface area contributed by atoms with Crippen molar-refractivity contribution >= 4 is 11.3 Å². The van der Waals surface area contributed by atoms with Crippen molar-refractivity contribution in [3.63, 3.8) is 0 Å². The summed E-state index contributed by atoms with van der Waals surface area (Å²) in [6, 6.07) is 8.00. The van der Waals surface area contributed by atoms with Crippen LogP contribution in [0, 0.1) is 0 Å². The molecule has 2 rings (SSSR count). The van der Waals surface area contributed by atoms with Gasteiger partial charge in [0.2, 0.25) is 0 Å². The Balaban J connectivity index is 2.15. The number of hydrogen-bond acceptors (Lipinski definition) is 4. The molecule has 1 unspecified atom stereocenters. The first-order valence-electron chi connectivity index (χ1n) is 5.04. The fraction of sp³-hybridized carbons (Fsp3) is 0.250. The Labute approximate surface area is 98.9 Å². The minimum Gasteiger partial charge on any atom is -0.380 e. The quantitative estimate of drug-likeness (QED) is 0.883. The number of hydrogen-bond donors (Lipinski definition) is 1. The van der Waals surface area contributed by atoms with Crippen LogP contribution in [0.15, 0.2) is 35.8 Å². The second-order valence-corrected chi connectivity index (χ2v) is 4.45. The maximum atomic E-state index is 6.10. The van der Waals surface area contributed by atoms with Gasteiger partial charge in [0.1, 0.15) is 5.01 Å². The highest BCUT2D eigenvalue weighted by Gasteiger charge is 2.10. The van der Waals surface area contributed by atoms with Crippen LogP contribution < -0.4 is 5.73 Å². The van der Waals surface area contributed by atoms with E-state index >= 15 is 0 Å². The fourth-order valence-corrected chi connectivity index (χ4v) is 2.18. The summed E-state index contributed by atoms with van der Waals surface area (Å²) in [6.07, 6.45) is 1.78. The molecule has 2 aromatic rings. The molecule has 3 nitrogen and oxygen atoms in total. The SMILES string of the molecule is COCc1ccc(C(N)c2nccs2)cc1. The van der Waals surface area contributed by atoms with Crippen molar-refractivity contribution in [2.45, 2.75) is 12.6 Å². The summed E-state index contributed by atoms with van der Waals surface area (Å²) >= 11 is 1.58. The third-order valence-electron chi connectivity index (χ3n) is 2.37. The average molecular weight is 234 g/mol. The van der Waals surface area contributed by atoms with Crippen LogP contribution in [0.3, 0.4) is 0 Å². The zero-order chi connectivity index (χ0) is 11.4. The predicted molar refractivity (Wildman–Crippen MR) is 65.3 cm³/mol. The Morgan fingerprint density at radius 3 is 2.69 bits per heavy atom. The molecule has 1 atom stereocenters. The molecule has 1 aromatic heterocycles. The molecule has 0 amide bonds. The second kappa shape index (κ2) is 5.21. The molecule has 1 aromatic carbocycles. The largest absolute Gasteiger partial charge is 0.380 e. The maximum absolute atomic E-state index is 6.10. The van der Waals surface area contributed by atoms with E-state index in [0.717, 1.165) is 16.1 Å². The molecule has 16 heavy (non-hydrogen) atoms. The van der Waals surface area contributed by atoms with Crippen LogP contribution in [0.5, 0.6) is 0 Å². The first-order valence-corrected chi connectivity index (χ1v) is 5.92. The van der Waals surface area contributed by atoms with Gasteiger partial charge in [0.05, 0.1) is 12.6 Å². The summed E-state index contributed by atoms with van der Waals surface area (Å²) in [6.45, 7) is 0.632. The molecule has 0 aliphatic carbocycles. The Hall–Kier alpha value is -1.23. The van der Waals surface area contributed by atoms with E-state index in [2.05, 4.69) is 4.98 Å². The lowest BCUT2D eigenvalue weighted by Crippen LogP contribution is -2.11. The van der Waals surface area contributed by atoms with Gasteiger partial charge in [-0.15, -0.1) is 11.3 Å². The fourth-order valence-electron chi connectivity index (χ4n) is 1.52. The predicted octanol–water partition coefficient (Wildman–Crippen LogP) is 2.34. The molecule has 0 bridgehead atoms. The van der Waals surface area contributed by atoms with Crippen LogP contribution in [0.4, 0.5) is 0 Å². The van der Waals surface area contributed by atoms with E-state index in [-0.39, 0.29) is 6.04 Å². The van der Waals surface area contributed by atoms with Gasteiger partial charge in [0, 0.05) is 18.7 Å². The van der Waals surface area contributed by atoms with Crippen LogP contribution >= 0.6 is 11.3 Å². The van der Waals surface area contributed by atoms with Gasteiger partial charge in [0.25, 0.3) is 0 Å². The maximum Gasteiger partial charge on any atom is 0.114 e. The molecule has 0 saturated carbocycles. The average Bonchev–Trinajstić information content (AvgIpc) is 2.83. The third kappa shape index (κ3) is 2.47. The van der Waals surface area contributed by atoms with Crippen LogP contribution in [0.1, 0.15) is 22.2 Å². The van der Waals surface area contributed by atoms with Crippen LogP contribution in [-0.4, -0.2) is 12.1 Å². The van der Waals surface area contributed by atoms with Gasteiger partial charge in [-0.1, -0.05) is 24.3 Å². The first kappa shape index (κ1) is 11.3. The van der Waals surface area contributed by atoms with Crippen LogP contribution in [0.25, 0.3) is 0 Å². The Bertz CT molecular complexity index is 425. The zero-order valence-corrected chi connectivity index (χ0v) is 9.91. The highest BCUT2D eigenvalue weighted by atomic mass is 32.1. The Morgan fingerprint density at radius 1 is 1.38 bits per heavy atom. The van der Waals surface area contributed by atoms with Crippen molar-refractivity contribution in [1.82, 2.24) is 4.98 Å². The summed E-state index contributed by atoms with van der Waals surface area (Å²) in [5.74, 6) is 0. The van der Waals surface area contributed by atoms with E-state index in [1.165, 1.54) is 0 Å². The molecule has 0 spiro atoms. The molecule has 0 aliphatic heterocycles.